The number of halogens is 8. The fourth-order valence-corrected chi connectivity index (χ4v) is 4.99. The number of alkyl halides is 7. The largest absolute Gasteiger partial charge is 0.460 e. The number of hydrogen-bond acceptors (Lipinski definition) is 2. The highest BCUT2D eigenvalue weighted by Gasteiger charge is 2.76. The van der Waals surface area contributed by atoms with Crippen molar-refractivity contribution in [2.45, 2.75) is 38.4 Å². The summed E-state index contributed by atoms with van der Waals surface area (Å²) in [6.07, 6.45) is -5.71. The standard InChI is InChI=1S/C30H21ClF7N3O/c1-17-12-13-25-22(14-17)21(18(2)40(25)16-19-8-6-7-11-24(19)31)15-23-26(28(32,33)29(34,35)30(36,37)38)39-41(27(23)42)20-9-4-3-5-10-20/h3-15H,16H2,1-2H3/b23-15+. The lowest BCUT2D eigenvalue weighted by molar-refractivity contribution is -0.336. The van der Waals surface area contributed by atoms with Gasteiger partial charge in [-0.25, -0.2) is 0 Å². The fraction of sp³-hybridized carbons (Fsp3) is 0.200. The van der Waals surface area contributed by atoms with Crippen molar-refractivity contribution in [3.63, 3.8) is 0 Å². The Labute approximate surface area is 240 Å². The Balaban J connectivity index is 1.74. The molecule has 0 bridgehead atoms. The van der Waals surface area contributed by atoms with Crippen LogP contribution in [0.25, 0.3) is 17.0 Å². The summed E-state index contributed by atoms with van der Waals surface area (Å²) in [4.78, 5) is 13.5. The van der Waals surface area contributed by atoms with Crippen LogP contribution in [0.3, 0.4) is 0 Å². The maximum absolute atomic E-state index is 15.2. The lowest BCUT2D eigenvalue weighted by Crippen LogP contribution is -2.56. The number of anilines is 1. The number of carbonyl (C=O) groups excluding carboxylic acids is 1. The summed E-state index contributed by atoms with van der Waals surface area (Å²) >= 11 is 6.35. The van der Waals surface area contributed by atoms with E-state index < -0.39 is 35.2 Å². The van der Waals surface area contributed by atoms with Crippen molar-refractivity contribution in [2.75, 3.05) is 5.01 Å². The van der Waals surface area contributed by atoms with E-state index in [-0.39, 0.29) is 17.8 Å². The molecule has 42 heavy (non-hydrogen) atoms. The highest BCUT2D eigenvalue weighted by atomic mass is 35.5. The predicted octanol–water partition coefficient (Wildman–Crippen LogP) is 8.58. The van der Waals surface area contributed by atoms with Crippen LogP contribution < -0.4 is 5.01 Å². The quantitative estimate of drug-likeness (QED) is 0.160. The minimum Gasteiger partial charge on any atom is -0.340 e. The number of carbonyl (C=O) groups is 1. The molecule has 1 aromatic heterocycles. The Kier molecular flexibility index (Phi) is 7.21. The monoisotopic (exact) mass is 607 g/mol. The van der Waals surface area contributed by atoms with Crippen LogP contribution in [0.2, 0.25) is 5.02 Å². The van der Waals surface area contributed by atoms with Crippen molar-refractivity contribution < 1.29 is 35.5 Å². The number of rotatable bonds is 6. The number of para-hydroxylation sites is 1. The number of aromatic nitrogens is 1. The average Bonchev–Trinajstić information content (AvgIpc) is 3.39. The molecule has 1 aliphatic heterocycles. The van der Waals surface area contributed by atoms with Crippen LogP contribution in [-0.4, -0.2) is 34.2 Å². The molecule has 1 amide bonds. The van der Waals surface area contributed by atoms with E-state index in [2.05, 4.69) is 5.10 Å². The summed E-state index contributed by atoms with van der Waals surface area (Å²) in [7, 11) is 0. The molecule has 0 saturated carbocycles. The van der Waals surface area contributed by atoms with E-state index in [0.29, 0.717) is 32.2 Å². The predicted molar refractivity (Wildman–Crippen MR) is 147 cm³/mol. The van der Waals surface area contributed by atoms with E-state index in [1.807, 2.05) is 0 Å². The molecule has 12 heteroatoms. The van der Waals surface area contributed by atoms with Crippen molar-refractivity contribution >= 4 is 45.9 Å². The molecule has 4 aromatic rings. The maximum atomic E-state index is 15.2. The maximum Gasteiger partial charge on any atom is 0.460 e. The van der Waals surface area contributed by atoms with Gasteiger partial charge in [-0.05, 0) is 55.8 Å². The van der Waals surface area contributed by atoms with E-state index in [4.69, 9.17) is 11.6 Å². The number of benzene rings is 3. The van der Waals surface area contributed by atoms with Crippen LogP contribution in [0.5, 0.6) is 0 Å². The topological polar surface area (TPSA) is 37.6 Å². The first kappa shape index (κ1) is 29.4. The highest BCUT2D eigenvalue weighted by molar-refractivity contribution is 6.35. The Morgan fingerprint density at radius 3 is 2.17 bits per heavy atom. The van der Waals surface area contributed by atoms with Gasteiger partial charge in [-0.15, -0.1) is 0 Å². The van der Waals surface area contributed by atoms with Gasteiger partial charge in [-0.3, -0.25) is 4.79 Å². The van der Waals surface area contributed by atoms with Crippen LogP contribution in [-0.2, 0) is 11.3 Å². The van der Waals surface area contributed by atoms with Gasteiger partial charge in [0.25, 0.3) is 5.91 Å². The molecule has 0 spiro atoms. The van der Waals surface area contributed by atoms with E-state index in [1.54, 1.807) is 60.9 Å². The van der Waals surface area contributed by atoms with Gasteiger partial charge in [0.05, 0.1) is 11.3 Å². The van der Waals surface area contributed by atoms with E-state index in [9.17, 15) is 26.7 Å². The van der Waals surface area contributed by atoms with Gasteiger partial charge in [0.15, 0.2) is 5.71 Å². The average molecular weight is 608 g/mol. The molecule has 4 nitrogen and oxygen atoms in total. The molecule has 0 atom stereocenters. The van der Waals surface area contributed by atoms with Gasteiger partial charge in [-0.1, -0.05) is 59.6 Å². The van der Waals surface area contributed by atoms with Gasteiger partial charge < -0.3 is 4.57 Å². The second-order valence-corrected chi connectivity index (χ2v) is 10.2. The zero-order valence-electron chi connectivity index (χ0n) is 22.0. The van der Waals surface area contributed by atoms with Crippen LogP contribution in [0.1, 0.15) is 22.4 Å². The van der Waals surface area contributed by atoms with Crippen molar-refractivity contribution in [2.24, 2.45) is 5.10 Å². The van der Waals surface area contributed by atoms with Crippen LogP contribution in [0.4, 0.5) is 36.4 Å². The van der Waals surface area contributed by atoms with Gasteiger partial charge in [0.2, 0.25) is 0 Å². The number of hydrazone groups is 1. The van der Waals surface area contributed by atoms with Crippen molar-refractivity contribution in [1.82, 2.24) is 4.57 Å². The first-order valence-corrected chi connectivity index (χ1v) is 12.9. The van der Waals surface area contributed by atoms with Gasteiger partial charge in [0, 0.05) is 33.7 Å². The van der Waals surface area contributed by atoms with E-state index in [1.165, 1.54) is 30.3 Å². The number of fused-ring (bicyclic) bond motifs is 1. The smallest absolute Gasteiger partial charge is 0.340 e. The molecule has 1 aliphatic rings. The molecule has 0 aliphatic carbocycles. The first-order chi connectivity index (χ1) is 19.6. The zero-order chi connectivity index (χ0) is 30.6. The summed E-state index contributed by atoms with van der Waals surface area (Å²) in [6, 6.07) is 19.2. The molecule has 2 heterocycles. The number of amides is 1. The molecule has 0 fully saturated rings. The molecule has 5 rings (SSSR count). The Hall–Kier alpha value is -4.12. The zero-order valence-corrected chi connectivity index (χ0v) is 22.7. The Morgan fingerprint density at radius 2 is 1.52 bits per heavy atom. The molecular formula is C30H21ClF7N3O. The SMILES string of the molecule is Cc1ccc2c(c1)c(/C=C1/C(=O)N(c3ccccc3)N=C1C(F)(F)C(F)(F)C(F)(F)F)c(C)n2Cc1ccccc1Cl. The normalized spacial score (nSPS) is 15.7. The van der Waals surface area contributed by atoms with Crippen molar-refractivity contribution in [3.8, 4) is 0 Å². The van der Waals surface area contributed by atoms with E-state index in [0.717, 1.165) is 11.6 Å². The van der Waals surface area contributed by atoms with Crippen molar-refractivity contribution in [1.29, 1.82) is 0 Å². The second-order valence-electron chi connectivity index (χ2n) is 9.80. The molecule has 0 radical (unpaired) electrons. The number of nitrogens with zero attached hydrogens (tertiary/aromatic N) is 3. The molecule has 0 saturated heterocycles. The lowest BCUT2D eigenvalue weighted by atomic mass is 9.96. The third-order valence-corrected chi connectivity index (χ3v) is 7.40. The molecule has 0 N–H and O–H groups in total. The summed E-state index contributed by atoms with van der Waals surface area (Å²) in [5.74, 6) is -13.7. The summed E-state index contributed by atoms with van der Waals surface area (Å²) in [5, 5.41) is 4.67. The minimum atomic E-state index is -6.62. The highest BCUT2D eigenvalue weighted by Crippen LogP contribution is 2.49. The minimum absolute atomic E-state index is 0.0942. The number of aryl methyl sites for hydroxylation is 1. The molecule has 218 valence electrons. The Morgan fingerprint density at radius 1 is 0.881 bits per heavy atom. The number of hydrogen-bond donors (Lipinski definition) is 0. The molecule has 0 unspecified atom stereocenters. The lowest BCUT2D eigenvalue weighted by Gasteiger charge is -2.27. The Bertz CT molecular complexity index is 1760. The van der Waals surface area contributed by atoms with Crippen LogP contribution in [0, 0.1) is 13.8 Å². The second kappa shape index (κ2) is 10.3. The molecule has 3 aromatic carbocycles. The van der Waals surface area contributed by atoms with Crippen LogP contribution in [0.15, 0.2) is 83.5 Å². The molecular weight excluding hydrogens is 587 g/mol. The summed E-state index contributed by atoms with van der Waals surface area (Å²) in [6.45, 7) is 3.60. The summed E-state index contributed by atoms with van der Waals surface area (Å²) < 4.78 is 100. The van der Waals surface area contributed by atoms with Gasteiger partial charge in [0.1, 0.15) is 0 Å². The fourth-order valence-electron chi connectivity index (χ4n) is 4.80. The van der Waals surface area contributed by atoms with Crippen LogP contribution >= 0.6 is 11.6 Å². The third-order valence-electron chi connectivity index (χ3n) is 7.03. The van der Waals surface area contributed by atoms with Gasteiger partial charge in [-0.2, -0.15) is 40.8 Å². The first-order valence-electron chi connectivity index (χ1n) is 12.5. The van der Waals surface area contributed by atoms with Gasteiger partial charge >= 0.3 is 18.0 Å². The third kappa shape index (κ3) is 4.75. The van der Waals surface area contributed by atoms with Crippen molar-refractivity contribution in [3.05, 3.63) is 106 Å². The summed E-state index contributed by atoms with van der Waals surface area (Å²) in [5.41, 5.74) is -0.499. The van der Waals surface area contributed by atoms with E-state index >= 15 is 8.78 Å².